The number of pyridine rings is 1. The summed E-state index contributed by atoms with van der Waals surface area (Å²) >= 11 is 0. The fraction of sp³-hybridized carbons (Fsp3) is 0.400. The molecule has 1 atom stereocenters. The second kappa shape index (κ2) is 2.78. The molecule has 0 bridgehead atoms. The van der Waals surface area contributed by atoms with E-state index in [0.717, 1.165) is 25.1 Å². The summed E-state index contributed by atoms with van der Waals surface area (Å²) < 4.78 is 0. The first-order valence-electron chi connectivity index (χ1n) is 4.84. The Labute approximate surface area is 81.9 Å². The summed E-state index contributed by atoms with van der Waals surface area (Å²) in [6.45, 7) is 1.70. The van der Waals surface area contributed by atoms with Crippen LogP contribution in [0.25, 0.3) is 0 Å². The van der Waals surface area contributed by atoms with E-state index in [0.29, 0.717) is 5.69 Å². The molecule has 4 heteroatoms. The van der Waals surface area contributed by atoms with Gasteiger partial charge >= 0.3 is 0 Å². The van der Waals surface area contributed by atoms with E-state index in [-0.39, 0.29) is 12.1 Å². The Balaban J connectivity index is 2.08. The van der Waals surface area contributed by atoms with Crippen molar-refractivity contribution < 1.29 is 4.79 Å². The number of amides is 1. The highest BCUT2D eigenvalue weighted by atomic mass is 16.2. The molecule has 14 heavy (non-hydrogen) atoms. The molecule has 1 saturated heterocycles. The van der Waals surface area contributed by atoms with E-state index in [1.165, 1.54) is 0 Å². The van der Waals surface area contributed by atoms with Crippen molar-refractivity contribution in [2.45, 2.75) is 12.6 Å². The van der Waals surface area contributed by atoms with Gasteiger partial charge in [0.1, 0.15) is 5.69 Å². The average molecular weight is 189 g/mol. The summed E-state index contributed by atoms with van der Waals surface area (Å²) in [5, 5.41) is 3.31. The Morgan fingerprint density at radius 2 is 2.50 bits per heavy atom. The molecule has 0 radical (unpaired) electrons. The van der Waals surface area contributed by atoms with Crippen LogP contribution >= 0.6 is 0 Å². The summed E-state index contributed by atoms with van der Waals surface area (Å²) in [6.07, 6.45) is 2.76. The number of carbonyl (C=O) groups is 1. The van der Waals surface area contributed by atoms with Crippen molar-refractivity contribution >= 4 is 5.91 Å². The molecule has 1 amide bonds. The van der Waals surface area contributed by atoms with Crippen LogP contribution in [-0.4, -0.2) is 35.0 Å². The summed E-state index contributed by atoms with van der Waals surface area (Å²) in [4.78, 5) is 17.9. The lowest BCUT2D eigenvalue weighted by Crippen LogP contribution is -2.45. The summed E-state index contributed by atoms with van der Waals surface area (Å²) in [5.74, 6) is 0.0712. The molecular formula is C10H11N3O. The fourth-order valence-corrected chi connectivity index (χ4v) is 2.18. The number of aromatic nitrogens is 1. The highest BCUT2D eigenvalue weighted by Gasteiger charge is 2.35. The minimum atomic E-state index is 0.0712. The number of rotatable bonds is 0. The van der Waals surface area contributed by atoms with Crippen LogP contribution in [0.1, 0.15) is 16.1 Å². The van der Waals surface area contributed by atoms with Crippen molar-refractivity contribution in [1.29, 1.82) is 0 Å². The van der Waals surface area contributed by atoms with E-state index in [9.17, 15) is 4.79 Å². The zero-order valence-corrected chi connectivity index (χ0v) is 7.73. The smallest absolute Gasteiger partial charge is 0.274 e. The van der Waals surface area contributed by atoms with E-state index >= 15 is 0 Å². The summed E-state index contributed by atoms with van der Waals surface area (Å²) in [6, 6.07) is 3.87. The van der Waals surface area contributed by atoms with Gasteiger partial charge in [0.2, 0.25) is 0 Å². The summed E-state index contributed by atoms with van der Waals surface area (Å²) in [7, 11) is 0. The Morgan fingerprint density at radius 1 is 1.57 bits per heavy atom. The molecule has 1 aromatic heterocycles. The van der Waals surface area contributed by atoms with Crippen molar-refractivity contribution in [3.05, 3.63) is 29.6 Å². The van der Waals surface area contributed by atoms with Crippen molar-refractivity contribution in [3.8, 4) is 0 Å². The zero-order valence-electron chi connectivity index (χ0n) is 7.73. The SMILES string of the molecule is O=C1c2ncccc2CC2NCCN12. The van der Waals surface area contributed by atoms with Crippen LogP contribution in [0, 0.1) is 0 Å². The highest BCUT2D eigenvalue weighted by Crippen LogP contribution is 2.21. The van der Waals surface area contributed by atoms with Crippen LogP contribution < -0.4 is 5.32 Å². The van der Waals surface area contributed by atoms with Gasteiger partial charge in [0.25, 0.3) is 5.91 Å². The maximum absolute atomic E-state index is 11.9. The van der Waals surface area contributed by atoms with E-state index < -0.39 is 0 Å². The monoisotopic (exact) mass is 189 g/mol. The topological polar surface area (TPSA) is 45.2 Å². The Kier molecular flexibility index (Phi) is 1.58. The van der Waals surface area contributed by atoms with Crippen LogP contribution in [0.2, 0.25) is 0 Å². The quantitative estimate of drug-likeness (QED) is 0.625. The number of hydrogen-bond acceptors (Lipinski definition) is 3. The van der Waals surface area contributed by atoms with Gasteiger partial charge in [0, 0.05) is 25.7 Å². The minimum absolute atomic E-state index is 0.0712. The summed E-state index contributed by atoms with van der Waals surface area (Å²) in [5.41, 5.74) is 1.70. The van der Waals surface area contributed by atoms with E-state index in [1.807, 2.05) is 17.0 Å². The molecule has 0 saturated carbocycles. The third kappa shape index (κ3) is 0.974. The molecule has 3 heterocycles. The lowest BCUT2D eigenvalue weighted by atomic mass is 10.0. The standard InChI is InChI=1S/C10H11N3O/c14-10-9-7(2-1-3-12-9)6-8-11-4-5-13(8)10/h1-3,8,11H,4-6H2. The van der Waals surface area contributed by atoms with Crippen molar-refractivity contribution in [2.75, 3.05) is 13.1 Å². The van der Waals surface area contributed by atoms with Gasteiger partial charge in [-0.25, -0.2) is 0 Å². The van der Waals surface area contributed by atoms with Crippen LogP contribution in [0.4, 0.5) is 0 Å². The molecule has 3 rings (SSSR count). The Bertz CT molecular complexity index is 391. The van der Waals surface area contributed by atoms with E-state index in [1.54, 1.807) is 6.20 Å². The first kappa shape index (κ1) is 7.94. The lowest BCUT2D eigenvalue weighted by molar-refractivity contribution is 0.0698. The van der Waals surface area contributed by atoms with E-state index in [2.05, 4.69) is 10.3 Å². The van der Waals surface area contributed by atoms with E-state index in [4.69, 9.17) is 0 Å². The molecule has 2 aliphatic heterocycles. The maximum atomic E-state index is 11.9. The van der Waals surface area contributed by atoms with Gasteiger partial charge in [-0.15, -0.1) is 0 Å². The van der Waals surface area contributed by atoms with Gasteiger partial charge in [0.15, 0.2) is 0 Å². The maximum Gasteiger partial charge on any atom is 0.274 e. The largest absolute Gasteiger partial charge is 0.320 e. The van der Waals surface area contributed by atoms with Gasteiger partial charge < -0.3 is 4.90 Å². The van der Waals surface area contributed by atoms with Gasteiger partial charge in [-0.05, 0) is 11.6 Å². The lowest BCUT2D eigenvalue weighted by Gasteiger charge is -2.29. The number of carbonyl (C=O) groups excluding carboxylic acids is 1. The zero-order chi connectivity index (χ0) is 9.54. The molecule has 1 unspecified atom stereocenters. The second-order valence-electron chi connectivity index (χ2n) is 3.68. The molecule has 4 nitrogen and oxygen atoms in total. The Hall–Kier alpha value is -1.42. The van der Waals surface area contributed by atoms with Crippen LogP contribution in [-0.2, 0) is 6.42 Å². The molecule has 0 aromatic carbocycles. The van der Waals surface area contributed by atoms with Gasteiger partial charge in [-0.1, -0.05) is 6.07 Å². The second-order valence-corrected chi connectivity index (χ2v) is 3.68. The predicted octanol–water partition coefficient (Wildman–Crippen LogP) is 0.00920. The van der Waals surface area contributed by atoms with Gasteiger partial charge in [0.05, 0.1) is 6.17 Å². The molecular weight excluding hydrogens is 178 g/mol. The fourth-order valence-electron chi connectivity index (χ4n) is 2.18. The minimum Gasteiger partial charge on any atom is -0.320 e. The normalized spacial score (nSPS) is 24.7. The molecule has 72 valence electrons. The number of fused-ring (bicyclic) bond motifs is 2. The van der Waals surface area contributed by atoms with Gasteiger partial charge in [-0.3, -0.25) is 15.1 Å². The Morgan fingerprint density at radius 3 is 3.43 bits per heavy atom. The van der Waals surface area contributed by atoms with Crippen molar-refractivity contribution in [2.24, 2.45) is 0 Å². The number of nitrogens with one attached hydrogen (secondary N) is 1. The van der Waals surface area contributed by atoms with Crippen molar-refractivity contribution in [3.63, 3.8) is 0 Å². The van der Waals surface area contributed by atoms with Crippen LogP contribution in [0.15, 0.2) is 18.3 Å². The number of hydrogen-bond donors (Lipinski definition) is 1. The molecule has 0 aliphatic carbocycles. The van der Waals surface area contributed by atoms with Crippen molar-refractivity contribution in [1.82, 2.24) is 15.2 Å². The number of nitrogens with zero attached hydrogens (tertiary/aromatic N) is 2. The van der Waals surface area contributed by atoms with Gasteiger partial charge in [-0.2, -0.15) is 0 Å². The molecule has 1 fully saturated rings. The third-order valence-electron chi connectivity index (χ3n) is 2.88. The highest BCUT2D eigenvalue weighted by molar-refractivity contribution is 5.95. The van der Waals surface area contributed by atoms with Crippen LogP contribution in [0.3, 0.4) is 0 Å². The molecule has 1 aromatic rings. The first-order valence-corrected chi connectivity index (χ1v) is 4.84. The van der Waals surface area contributed by atoms with Crippen LogP contribution in [0.5, 0.6) is 0 Å². The molecule has 0 spiro atoms. The average Bonchev–Trinajstić information content (AvgIpc) is 2.66. The predicted molar refractivity (Wildman–Crippen MR) is 50.8 cm³/mol. The third-order valence-corrected chi connectivity index (χ3v) is 2.88. The molecule has 2 aliphatic rings. The first-order chi connectivity index (χ1) is 6.86. The molecule has 1 N–H and O–H groups in total.